The largest absolute Gasteiger partial charge is 0.479 e. The molecule has 156 valence electrons. The van der Waals surface area contributed by atoms with Gasteiger partial charge in [-0.1, -0.05) is 48.0 Å². The molecule has 0 unspecified atom stereocenters. The van der Waals surface area contributed by atoms with Crippen LogP contribution in [0.5, 0.6) is 0 Å². The van der Waals surface area contributed by atoms with Crippen LogP contribution in [-0.2, 0) is 33.7 Å². The number of carboxylic acids is 1. The quantitative estimate of drug-likeness (QED) is 0.602. The van der Waals surface area contributed by atoms with Crippen molar-refractivity contribution in [3.05, 3.63) is 70.2 Å². The van der Waals surface area contributed by atoms with E-state index >= 15 is 0 Å². The minimum absolute atomic E-state index is 0.177. The molecule has 0 fully saturated rings. The summed E-state index contributed by atoms with van der Waals surface area (Å²) in [5.41, 5.74) is 2.71. The van der Waals surface area contributed by atoms with E-state index in [-0.39, 0.29) is 25.7 Å². The minimum atomic E-state index is -0.994. The summed E-state index contributed by atoms with van der Waals surface area (Å²) in [6, 6.07) is 14.8. The fraction of sp³-hybridized carbons (Fsp3) is 0.364. The number of carbonyl (C=O) groups is 2. The molecule has 7 heteroatoms. The van der Waals surface area contributed by atoms with Crippen LogP contribution in [0.25, 0.3) is 0 Å². The molecule has 0 aromatic heterocycles. The molecule has 0 spiro atoms. The first kappa shape index (κ1) is 22.7. The second-order valence-electron chi connectivity index (χ2n) is 6.90. The van der Waals surface area contributed by atoms with Gasteiger partial charge in [-0.25, -0.2) is 9.59 Å². The highest BCUT2D eigenvalue weighted by atomic mass is 35.5. The number of alkyl carbamates (subject to hydrolysis) is 1. The van der Waals surface area contributed by atoms with Crippen LogP contribution in [0.4, 0.5) is 4.79 Å². The molecule has 0 saturated heterocycles. The smallest absolute Gasteiger partial charge is 0.407 e. The number of amides is 1. The van der Waals surface area contributed by atoms with Gasteiger partial charge in [0.15, 0.2) is 6.10 Å². The van der Waals surface area contributed by atoms with Gasteiger partial charge in [0, 0.05) is 24.4 Å². The number of halogens is 1. The van der Waals surface area contributed by atoms with Crippen LogP contribution in [0.15, 0.2) is 48.5 Å². The monoisotopic (exact) mass is 419 g/mol. The first-order valence-corrected chi connectivity index (χ1v) is 9.82. The van der Waals surface area contributed by atoms with E-state index in [0.717, 1.165) is 16.7 Å². The van der Waals surface area contributed by atoms with Crippen molar-refractivity contribution in [1.29, 1.82) is 0 Å². The van der Waals surface area contributed by atoms with E-state index in [1.807, 2.05) is 36.4 Å². The predicted octanol–water partition coefficient (Wildman–Crippen LogP) is 4.23. The normalized spacial score (nSPS) is 11.9. The maximum atomic E-state index is 11.9. The summed E-state index contributed by atoms with van der Waals surface area (Å²) in [4.78, 5) is 23.2. The van der Waals surface area contributed by atoms with Gasteiger partial charge in [-0.15, -0.1) is 0 Å². The van der Waals surface area contributed by atoms with E-state index in [1.165, 1.54) is 0 Å². The van der Waals surface area contributed by atoms with Gasteiger partial charge in [0.05, 0.1) is 12.7 Å². The van der Waals surface area contributed by atoms with Crippen LogP contribution < -0.4 is 5.32 Å². The van der Waals surface area contributed by atoms with Crippen LogP contribution in [0.3, 0.4) is 0 Å². The number of aliphatic carboxylic acids is 1. The lowest BCUT2D eigenvalue weighted by molar-refractivity contribution is -0.153. The highest BCUT2D eigenvalue weighted by Crippen LogP contribution is 2.12. The molecule has 6 nitrogen and oxygen atoms in total. The zero-order valence-corrected chi connectivity index (χ0v) is 17.3. The number of benzene rings is 2. The molecule has 0 aliphatic carbocycles. The van der Waals surface area contributed by atoms with Crippen molar-refractivity contribution in [2.75, 3.05) is 6.61 Å². The van der Waals surface area contributed by atoms with Crippen molar-refractivity contribution in [2.45, 2.75) is 45.4 Å². The van der Waals surface area contributed by atoms with Gasteiger partial charge in [0.2, 0.25) is 0 Å². The van der Waals surface area contributed by atoms with Crippen LogP contribution in [0.2, 0.25) is 5.02 Å². The molecule has 2 N–H and O–H groups in total. The molecule has 2 aromatic carbocycles. The lowest BCUT2D eigenvalue weighted by Gasteiger charge is -2.17. The number of carbonyl (C=O) groups excluding carboxylic acids is 1. The summed E-state index contributed by atoms with van der Waals surface area (Å²) < 4.78 is 10.6. The first-order chi connectivity index (χ1) is 13.8. The topological polar surface area (TPSA) is 84.9 Å². The van der Waals surface area contributed by atoms with Gasteiger partial charge >= 0.3 is 12.1 Å². The summed E-state index contributed by atoms with van der Waals surface area (Å²) in [6.07, 6.45) is -0.727. The molecule has 0 saturated carbocycles. The van der Waals surface area contributed by atoms with Crippen LogP contribution in [-0.4, -0.2) is 36.0 Å². The molecule has 0 bridgehead atoms. The molecular formula is C22H26ClNO5. The predicted molar refractivity (Wildman–Crippen MR) is 111 cm³/mol. The third kappa shape index (κ3) is 8.54. The van der Waals surface area contributed by atoms with E-state index in [1.54, 1.807) is 26.0 Å². The Morgan fingerprint density at radius 2 is 1.76 bits per heavy atom. The van der Waals surface area contributed by atoms with E-state index < -0.39 is 18.2 Å². The molecule has 29 heavy (non-hydrogen) atoms. The van der Waals surface area contributed by atoms with E-state index in [0.29, 0.717) is 11.4 Å². The Kier molecular flexibility index (Phi) is 8.96. The zero-order chi connectivity index (χ0) is 21.2. The van der Waals surface area contributed by atoms with Crippen molar-refractivity contribution in [1.82, 2.24) is 5.32 Å². The summed E-state index contributed by atoms with van der Waals surface area (Å²) in [5.74, 6) is -0.994. The number of rotatable bonds is 10. The molecule has 0 aliphatic heterocycles. The van der Waals surface area contributed by atoms with Gasteiger partial charge in [0.25, 0.3) is 0 Å². The molecule has 0 radical (unpaired) electrons. The highest BCUT2D eigenvalue weighted by Gasteiger charge is 2.20. The third-order valence-corrected chi connectivity index (χ3v) is 4.35. The second kappa shape index (κ2) is 11.4. The summed E-state index contributed by atoms with van der Waals surface area (Å²) in [5, 5.41) is 12.7. The lowest BCUT2D eigenvalue weighted by Crippen LogP contribution is -2.29. The van der Waals surface area contributed by atoms with Crippen LogP contribution >= 0.6 is 11.6 Å². The molecular weight excluding hydrogens is 394 g/mol. The van der Waals surface area contributed by atoms with E-state index in [4.69, 9.17) is 21.1 Å². The van der Waals surface area contributed by atoms with Crippen molar-refractivity contribution < 1.29 is 24.2 Å². The average molecular weight is 420 g/mol. The number of hydrogen-bond donors (Lipinski definition) is 2. The summed E-state index contributed by atoms with van der Waals surface area (Å²) in [6.45, 7) is 4.15. The zero-order valence-electron chi connectivity index (χ0n) is 16.6. The second-order valence-corrected chi connectivity index (χ2v) is 7.34. The molecule has 0 heterocycles. The minimum Gasteiger partial charge on any atom is -0.479 e. The van der Waals surface area contributed by atoms with Crippen LogP contribution in [0, 0.1) is 0 Å². The Labute approximate surface area is 175 Å². The summed E-state index contributed by atoms with van der Waals surface area (Å²) in [7, 11) is 0. The van der Waals surface area contributed by atoms with Crippen molar-refractivity contribution in [3.8, 4) is 0 Å². The molecule has 2 rings (SSSR count). The maximum absolute atomic E-state index is 11.9. The van der Waals surface area contributed by atoms with Crippen molar-refractivity contribution in [2.24, 2.45) is 0 Å². The van der Waals surface area contributed by atoms with Gasteiger partial charge in [-0.05, 0) is 42.7 Å². The Morgan fingerprint density at radius 1 is 1.07 bits per heavy atom. The van der Waals surface area contributed by atoms with Crippen molar-refractivity contribution >= 4 is 23.7 Å². The average Bonchev–Trinajstić information content (AvgIpc) is 2.67. The Balaban J connectivity index is 1.79. The number of carboxylic acid groups (broad SMARTS) is 1. The lowest BCUT2D eigenvalue weighted by atomic mass is 10.0. The number of ether oxygens (including phenoxy) is 2. The molecule has 0 aliphatic rings. The Bertz CT molecular complexity index is 807. The Hall–Kier alpha value is -2.57. The SMILES string of the molecule is CC(C)O[C@@H](Cc1cccc(CNC(=O)OCCc2ccc(Cl)cc2)c1)C(=O)O. The fourth-order valence-electron chi connectivity index (χ4n) is 2.74. The maximum Gasteiger partial charge on any atom is 0.407 e. The van der Waals surface area contributed by atoms with Gasteiger partial charge in [-0.2, -0.15) is 0 Å². The first-order valence-electron chi connectivity index (χ1n) is 9.44. The number of nitrogens with one attached hydrogen (secondary N) is 1. The van der Waals surface area contributed by atoms with E-state index in [9.17, 15) is 14.7 Å². The number of hydrogen-bond acceptors (Lipinski definition) is 4. The van der Waals surface area contributed by atoms with Gasteiger partial charge < -0.3 is 19.9 Å². The van der Waals surface area contributed by atoms with Gasteiger partial charge in [-0.3, -0.25) is 0 Å². The molecule has 2 aromatic rings. The summed E-state index contributed by atoms with van der Waals surface area (Å²) >= 11 is 5.84. The van der Waals surface area contributed by atoms with Gasteiger partial charge in [0.1, 0.15) is 0 Å². The highest BCUT2D eigenvalue weighted by molar-refractivity contribution is 6.30. The third-order valence-electron chi connectivity index (χ3n) is 4.10. The van der Waals surface area contributed by atoms with E-state index in [2.05, 4.69) is 5.32 Å². The van der Waals surface area contributed by atoms with Crippen LogP contribution in [0.1, 0.15) is 30.5 Å². The Morgan fingerprint density at radius 3 is 2.41 bits per heavy atom. The standard InChI is InChI=1S/C22H26ClNO5/c1-15(2)29-20(21(25)26)13-17-4-3-5-18(12-17)14-24-22(27)28-11-10-16-6-8-19(23)9-7-16/h3-9,12,15,20H,10-11,13-14H2,1-2H3,(H,24,27)(H,25,26)/t20-/m0/s1. The fourth-order valence-corrected chi connectivity index (χ4v) is 2.87. The van der Waals surface area contributed by atoms with Crippen molar-refractivity contribution in [3.63, 3.8) is 0 Å². The molecule has 1 amide bonds. The molecule has 1 atom stereocenters.